The van der Waals surface area contributed by atoms with Gasteiger partial charge in [0.05, 0.1) is 14.2 Å². The summed E-state index contributed by atoms with van der Waals surface area (Å²) in [5.74, 6) is 1.78. The number of rotatable bonds is 9. The molecule has 0 aliphatic carbocycles. The molecule has 1 N–H and O–H groups in total. The SMILES string of the molecule is COc1ccc(CNC(=O)CC[C@@H]2CCCN(Cc3cccc(F)c3)C2)c(OC)c1. The van der Waals surface area contributed by atoms with Crippen LogP contribution in [0.4, 0.5) is 4.39 Å². The molecule has 5 nitrogen and oxygen atoms in total. The Balaban J connectivity index is 1.43. The summed E-state index contributed by atoms with van der Waals surface area (Å²) in [4.78, 5) is 14.7. The standard InChI is InChI=1S/C24H31FN2O3/c1-29-22-10-9-20(23(14-22)30-2)15-26-24(28)11-8-18-6-4-12-27(16-18)17-19-5-3-7-21(25)13-19/h3,5,7,9-10,13-14,18H,4,6,8,11-12,15-17H2,1-2H3,(H,26,28)/t18-/m0/s1. The van der Waals surface area contributed by atoms with Gasteiger partial charge in [0.25, 0.3) is 0 Å². The molecular weight excluding hydrogens is 383 g/mol. The summed E-state index contributed by atoms with van der Waals surface area (Å²) in [6, 6.07) is 12.4. The van der Waals surface area contributed by atoms with Crippen molar-refractivity contribution in [2.24, 2.45) is 5.92 Å². The lowest BCUT2D eigenvalue weighted by molar-refractivity contribution is -0.121. The number of piperidine rings is 1. The van der Waals surface area contributed by atoms with E-state index in [1.165, 1.54) is 6.07 Å². The average Bonchev–Trinajstić information content (AvgIpc) is 2.76. The van der Waals surface area contributed by atoms with Crippen LogP contribution in [0, 0.1) is 11.7 Å². The Hall–Kier alpha value is -2.60. The molecule has 1 heterocycles. The van der Waals surface area contributed by atoms with E-state index in [1.807, 2.05) is 24.3 Å². The van der Waals surface area contributed by atoms with Crippen LogP contribution in [0.25, 0.3) is 0 Å². The van der Waals surface area contributed by atoms with Crippen LogP contribution in [-0.4, -0.2) is 38.1 Å². The fraction of sp³-hybridized carbons (Fsp3) is 0.458. The molecule has 3 rings (SSSR count). The lowest BCUT2D eigenvalue weighted by atomic mass is 9.93. The van der Waals surface area contributed by atoms with Gasteiger partial charge in [0, 0.05) is 37.7 Å². The number of nitrogens with zero attached hydrogens (tertiary/aromatic N) is 1. The fourth-order valence-corrected chi connectivity index (χ4v) is 4.04. The predicted molar refractivity (Wildman–Crippen MR) is 115 cm³/mol. The molecule has 1 aliphatic rings. The maximum atomic E-state index is 13.4. The number of hydrogen-bond acceptors (Lipinski definition) is 4. The highest BCUT2D eigenvalue weighted by molar-refractivity contribution is 5.75. The van der Waals surface area contributed by atoms with Crippen molar-refractivity contribution in [1.82, 2.24) is 10.2 Å². The van der Waals surface area contributed by atoms with Gasteiger partial charge in [-0.1, -0.05) is 12.1 Å². The largest absolute Gasteiger partial charge is 0.497 e. The molecule has 2 aromatic rings. The highest BCUT2D eigenvalue weighted by Gasteiger charge is 2.21. The molecule has 0 unspecified atom stereocenters. The minimum absolute atomic E-state index is 0.0510. The van der Waals surface area contributed by atoms with E-state index in [0.717, 1.165) is 55.8 Å². The van der Waals surface area contributed by atoms with Crippen LogP contribution in [0.1, 0.15) is 36.8 Å². The van der Waals surface area contributed by atoms with Crippen molar-refractivity contribution >= 4 is 5.91 Å². The van der Waals surface area contributed by atoms with Crippen molar-refractivity contribution in [1.29, 1.82) is 0 Å². The topological polar surface area (TPSA) is 50.8 Å². The smallest absolute Gasteiger partial charge is 0.220 e. The Morgan fingerprint density at radius 2 is 2.07 bits per heavy atom. The lowest BCUT2D eigenvalue weighted by Crippen LogP contribution is -2.35. The zero-order valence-electron chi connectivity index (χ0n) is 17.8. The molecule has 0 radical (unpaired) electrons. The number of amides is 1. The van der Waals surface area contributed by atoms with Gasteiger partial charge in [0.2, 0.25) is 5.91 Å². The quantitative estimate of drug-likeness (QED) is 0.670. The van der Waals surface area contributed by atoms with E-state index in [-0.39, 0.29) is 11.7 Å². The van der Waals surface area contributed by atoms with E-state index in [2.05, 4.69) is 10.2 Å². The van der Waals surface area contributed by atoms with Crippen molar-refractivity contribution in [2.75, 3.05) is 27.3 Å². The van der Waals surface area contributed by atoms with Crippen LogP contribution in [0.2, 0.25) is 0 Å². The first kappa shape index (κ1) is 22.1. The molecule has 0 bridgehead atoms. The summed E-state index contributed by atoms with van der Waals surface area (Å²) in [7, 11) is 3.22. The number of nitrogens with one attached hydrogen (secondary N) is 1. The van der Waals surface area contributed by atoms with Gasteiger partial charge in [0.1, 0.15) is 17.3 Å². The number of hydrogen-bond donors (Lipinski definition) is 1. The van der Waals surface area contributed by atoms with Gasteiger partial charge in [-0.15, -0.1) is 0 Å². The first-order valence-corrected chi connectivity index (χ1v) is 10.5. The number of halogens is 1. The molecule has 0 spiro atoms. The van der Waals surface area contributed by atoms with Gasteiger partial charge in [0.15, 0.2) is 0 Å². The van der Waals surface area contributed by atoms with Crippen molar-refractivity contribution in [3.05, 3.63) is 59.4 Å². The molecule has 0 aromatic heterocycles. The van der Waals surface area contributed by atoms with E-state index in [4.69, 9.17) is 9.47 Å². The molecule has 2 aromatic carbocycles. The van der Waals surface area contributed by atoms with E-state index in [9.17, 15) is 9.18 Å². The Kier molecular flexibility index (Phi) is 8.08. The number of likely N-dealkylation sites (tertiary alicyclic amines) is 1. The fourth-order valence-electron chi connectivity index (χ4n) is 4.04. The van der Waals surface area contributed by atoms with Gasteiger partial charge in [-0.25, -0.2) is 4.39 Å². The van der Waals surface area contributed by atoms with Crippen LogP contribution in [-0.2, 0) is 17.9 Å². The summed E-state index contributed by atoms with van der Waals surface area (Å²) in [6.45, 7) is 3.17. The van der Waals surface area contributed by atoms with Gasteiger partial charge in [-0.05, 0) is 61.6 Å². The minimum atomic E-state index is -0.189. The summed E-state index contributed by atoms with van der Waals surface area (Å²) in [6.07, 6.45) is 3.63. The number of methoxy groups -OCH3 is 2. The molecule has 1 aliphatic heterocycles. The molecular formula is C24H31FN2O3. The number of benzene rings is 2. The van der Waals surface area contributed by atoms with Crippen molar-refractivity contribution < 1.29 is 18.7 Å². The normalized spacial score (nSPS) is 16.8. The molecule has 1 saturated heterocycles. The lowest BCUT2D eigenvalue weighted by Gasteiger charge is -2.32. The Labute approximate surface area is 178 Å². The maximum Gasteiger partial charge on any atom is 0.220 e. The first-order valence-electron chi connectivity index (χ1n) is 10.5. The third-order valence-corrected chi connectivity index (χ3v) is 5.65. The van der Waals surface area contributed by atoms with E-state index >= 15 is 0 Å². The second kappa shape index (κ2) is 11.0. The molecule has 162 valence electrons. The Morgan fingerprint density at radius 3 is 2.83 bits per heavy atom. The second-order valence-corrected chi connectivity index (χ2v) is 7.87. The van der Waals surface area contributed by atoms with E-state index in [1.54, 1.807) is 26.4 Å². The molecule has 6 heteroatoms. The number of carbonyl (C=O) groups is 1. The van der Waals surface area contributed by atoms with Gasteiger partial charge < -0.3 is 14.8 Å². The number of ether oxygens (including phenoxy) is 2. The molecule has 1 amide bonds. The van der Waals surface area contributed by atoms with Gasteiger partial charge >= 0.3 is 0 Å². The predicted octanol–water partition coefficient (Wildman–Crippen LogP) is 4.15. The maximum absolute atomic E-state index is 13.4. The zero-order valence-corrected chi connectivity index (χ0v) is 17.8. The third-order valence-electron chi connectivity index (χ3n) is 5.65. The van der Waals surface area contributed by atoms with Crippen molar-refractivity contribution in [2.45, 2.75) is 38.8 Å². The minimum Gasteiger partial charge on any atom is -0.497 e. The Morgan fingerprint density at radius 1 is 1.20 bits per heavy atom. The third kappa shape index (κ3) is 6.46. The van der Waals surface area contributed by atoms with Crippen LogP contribution in [0.5, 0.6) is 11.5 Å². The molecule has 0 saturated carbocycles. The highest BCUT2D eigenvalue weighted by atomic mass is 19.1. The molecule has 1 fully saturated rings. The Bertz CT molecular complexity index is 843. The highest BCUT2D eigenvalue weighted by Crippen LogP contribution is 2.25. The van der Waals surface area contributed by atoms with Gasteiger partial charge in [-0.2, -0.15) is 0 Å². The van der Waals surface area contributed by atoms with Crippen LogP contribution < -0.4 is 14.8 Å². The molecule has 1 atom stereocenters. The van der Waals surface area contributed by atoms with Gasteiger partial charge in [-0.3, -0.25) is 9.69 Å². The molecule has 30 heavy (non-hydrogen) atoms. The van der Waals surface area contributed by atoms with E-state index < -0.39 is 0 Å². The summed E-state index contributed by atoms with van der Waals surface area (Å²) < 4.78 is 24.0. The van der Waals surface area contributed by atoms with E-state index in [0.29, 0.717) is 24.6 Å². The first-order chi connectivity index (χ1) is 14.6. The van der Waals surface area contributed by atoms with Crippen LogP contribution >= 0.6 is 0 Å². The monoisotopic (exact) mass is 414 g/mol. The van der Waals surface area contributed by atoms with Crippen LogP contribution in [0.15, 0.2) is 42.5 Å². The summed E-state index contributed by atoms with van der Waals surface area (Å²) in [5.41, 5.74) is 1.92. The second-order valence-electron chi connectivity index (χ2n) is 7.87. The van der Waals surface area contributed by atoms with Crippen LogP contribution in [0.3, 0.4) is 0 Å². The summed E-state index contributed by atoms with van der Waals surface area (Å²) in [5, 5.41) is 2.99. The van der Waals surface area contributed by atoms with Crippen molar-refractivity contribution in [3.8, 4) is 11.5 Å². The van der Waals surface area contributed by atoms with Crippen molar-refractivity contribution in [3.63, 3.8) is 0 Å². The zero-order chi connectivity index (χ0) is 21.3. The summed E-state index contributed by atoms with van der Waals surface area (Å²) >= 11 is 0. The average molecular weight is 415 g/mol. The number of carbonyl (C=O) groups excluding carboxylic acids is 1.